The predicted molar refractivity (Wildman–Crippen MR) is 113 cm³/mol. The summed E-state index contributed by atoms with van der Waals surface area (Å²) in [6, 6.07) is 18.8. The molecular weight excluding hydrogens is 384 g/mol. The van der Waals surface area contributed by atoms with Crippen LogP contribution < -0.4 is 14.9 Å². The number of hydrogen-bond acceptors (Lipinski definition) is 6. The van der Waals surface area contributed by atoms with Gasteiger partial charge in [-0.05, 0) is 61.0 Å². The standard InChI is InChI=1S/C23H22N2O5/c1-2-29-19-10-12-20(13-11-19)30-15-16-6-8-17(9-7-16)23(28)25-24-14-18-4-3-5-21(26)22(18)27/h3-14,26-27H,2,15H2,1H3,(H,25,28)/b24-14+. The Hall–Kier alpha value is -4.00. The molecule has 0 aliphatic carbocycles. The van der Waals surface area contributed by atoms with Crippen molar-refractivity contribution in [1.82, 2.24) is 5.43 Å². The number of nitrogens with zero attached hydrogens (tertiary/aromatic N) is 1. The summed E-state index contributed by atoms with van der Waals surface area (Å²) >= 11 is 0. The molecule has 7 nitrogen and oxygen atoms in total. The fraction of sp³-hybridized carbons (Fsp3) is 0.130. The number of phenols is 2. The van der Waals surface area contributed by atoms with Gasteiger partial charge in [0.05, 0.1) is 12.8 Å². The second kappa shape index (κ2) is 9.97. The summed E-state index contributed by atoms with van der Waals surface area (Å²) in [5, 5.41) is 23.0. The molecule has 0 aliphatic heterocycles. The van der Waals surface area contributed by atoms with Gasteiger partial charge in [-0.2, -0.15) is 5.10 Å². The second-order valence-corrected chi connectivity index (χ2v) is 6.30. The number of ether oxygens (including phenoxy) is 2. The Morgan fingerprint density at radius 1 is 0.967 bits per heavy atom. The summed E-state index contributed by atoms with van der Waals surface area (Å²) in [6.07, 6.45) is 1.26. The van der Waals surface area contributed by atoms with Crippen LogP contribution in [-0.2, 0) is 6.61 Å². The van der Waals surface area contributed by atoms with Crippen molar-refractivity contribution in [3.63, 3.8) is 0 Å². The van der Waals surface area contributed by atoms with Crippen molar-refractivity contribution in [1.29, 1.82) is 0 Å². The fourth-order valence-electron chi connectivity index (χ4n) is 2.60. The van der Waals surface area contributed by atoms with Crippen LogP contribution in [0.3, 0.4) is 0 Å². The summed E-state index contributed by atoms with van der Waals surface area (Å²) in [5.74, 6) is 0.567. The smallest absolute Gasteiger partial charge is 0.271 e. The van der Waals surface area contributed by atoms with Crippen molar-refractivity contribution in [3.05, 3.63) is 83.4 Å². The summed E-state index contributed by atoms with van der Waals surface area (Å²) in [7, 11) is 0. The highest BCUT2D eigenvalue weighted by Crippen LogP contribution is 2.26. The van der Waals surface area contributed by atoms with Gasteiger partial charge >= 0.3 is 0 Å². The fourth-order valence-corrected chi connectivity index (χ4v) is 2.60. The van der Waals surface area contributed by atoms with E-state index < -0.39 is 5.91 Å². The van der Waals surface area contributed by atoms with E-state index in [9.17, 15) is 15.0 Å². The summed E-state index contributed by atoms with van der Waals surface area (Å²) in [4.78, 5) is 12.2. The van der Waals surface area contributed by atoms with Gasteiger partial charge in [0.25, 0.3) is 5.91 Å². The van der Waals surface area contributed by atoms with E-state index in [2.05, 4.69) is 10.5 Å². The molecule has 3 rings (SSSR count). The van der Waals surface area contributed by atoms with Crippen LogP contribution in [0.2, 0.25) is 0 Å². The average molecular weight is 406 g/mol. The zero-order valence-corrected chi connectivity index (χ0v) is 16.4. The highest BCUT2D eigenvalue weighted by atomic mass is 16.5. The lowest BCUT2D eigenvalue weighted by Crippen LogP contribution is -2.17. The van der Waals surface area contributed by atoms with Crippen LogP contribution in [0.4, 0.5) is 0 Å². The number of benzene rings is 3. The molecule has 7 heteroatoms. The number of carbonyl (C=O) groups is 1. The molecule has 1 amide bonds. The van der Waals surface area contributed by atoms with Gasteiger partial charge in [-0.3, -0.25) is 4.79 Å². The normalized spacial score (nSPS) is 10.7. The van der Waals surface area contributed by atoms with Crippen molar-refractivity contribution in [3.8, 4) is 23.0 Å². The number of carbonyl (C=O) groups excluding carboxylic acids is 1. The van der Waals surface area contributed by atoms with Crippen LogP contribution in [0, 0.1) is 0 Å². The Morgan fingerprint density at radius 3 is 2.30 bits per heavy atom. The number of nitrogens with one attached hydrogen (secondary N) is 1. The van der Waals surface area contributed by atoms with E-state index >= 15 is 0 Å². The zero-order chi connectivity index (χ0) is 21.3. The second-order valence-electron chi connectivity index (χ2n) is 6.30. The molecule has 0 spiro atoms. The van der Waals surface area contributed by atoms with Gasteiger partial charge in [0.15, 0.2) is 11.5 Å². The Kier molecular flexibility index (Phi) is 6.89. The summed E-state index contributed by atoms with van der Waals surface area (Å²) in [5.41, 5.74) is 4.01. The van der Waals surface area contributed by atoms with Crippen LogP contribution in [0.1, 0.15) is 28.4 Å². The first-order chi connectivity index (χ1) is 14.6. The van der Waals surface area contributed by atoms with Crippen LogP contribution in [0.15, 0.2) is 71.8 Å². The Morgan fingerprint density at radius 2 is 1.63 bits per heavy atom. The lowest BCUT2D eigenvalue weighted by atomic mass is 10.1. The molecule has 3 aromatic carbocycles. The van der Waals surface area contributed by atoms with E-state index in [0.29, 0.717) is 18.8 Å². The molecule has 0 aromatic heterocycles. The molecule has 0 aliphatic rings. The Labute approximate surface area is 174 Å². The molecule has 0 unspecified atom stereocenters. The van der Waals surface area contributed by atoms with Crippen molar-refractivity contribution in [2.45, 2.75) is 13.5 Å². The molecule has 0 heterocycles. The largest absolute Gasteiger partial charge is 0.504 e. The predicted octanol–water partition coefficient (Wildman–Crippen LogP) is 3.84. The molecule has 0 bridgehead atoms. The van der Waals surface area contributed by atoms with Gasteiger partial charge in [-0.1, -0.05) is 18.2 Å². The van der Waals surface area contributed by atoms with Gasteiger partial charge in [0, 0.05) is 11.1 Å². The third-order valence-electron chi connectivity index (χ3n) is 4.17. The third kappa shape index (κ3) is 5.51. The molecule has 0 saturated heterocycles. The lowest BCUT2D eigenvalue weighted by molar-refractivity contribution is 0.0955. The first kappa shape index (κ1) is 20.7. The number of aromatic hydroxyl groups is 2. The Bertz CT molecular complexity index is 1010. The van der Waals surface area contributed by atoms with Gasteiger partial charge in [-0.15, -0.1) is 0 Å². The van der Waals surface area contributed by atoms with Crippen molar-refractivity contribution in [2.75, 3.05) is 6.61 Å². The number of para-hydroxylation sites is 1. The monoisotopic (exact) mass is 406 g/mol. The van der Waals surface area contributed by atoms with Crippen molar-refractivity contribution >= 4 is 12.1 Å². The molecular formula is C23H22N2O5. The molecule has 30 heavy (non-hydrogen) atoms. The maximum atomic E-state index is 12.2. The number of phenolic OH excluding ortho intramolecular Hbond substituents is 2. The maximum Gasteiger partial charge on any atom is 0.271 e. The minimum Gasteiger partial charge on any atom is -0.504 e. The first-order valence-corrected chi connectivity index (χ1v) is 9.35. The summed E-state index contributed by atoms with van der Waals surface area (Å²) < 4.78 is 11.1. The molecule has 0 radical (unpaired) electrons. The first-order valence-electron chi connectivity index (χ1n) is 9.35. The lowest BCUT2D eigenvalue weighted by Gasteiger charge is -2.08. The summed E-state index contributed by atoms with van der Waals surface area (Å²) in [6.45, 7) is 2.91. The van der Waals surface area contributed by atoms with E-state index in [4.69, 9.17) is 9.47 Å². The third-order valence-corrected chi connectivity index (χ3v) is 4.17. The molecule has 3 N–H and O–H groups in total. The Balaban J connectivity index is 1.52. The van der Waals surface area contributed by atoms with Crippen molar-refractivity contribution < 1.29 is 24.5 Å². The van der Waals surface area contributed by atoms with Crippen LogP contribution in [0.5, 0.6) is 23.0 Å². The highest BCUT2D eigenvalue weighted by Gasteiger charge is 2.06. The van der Waals surface area contributed by atoms with E-state index in [0.717, 1.165) is 17.1 Å². The van der Waals surface area contributed by atoms with E-state index in [1.165, 1.54) is 12.3 Å². The van der Waals surface area contributed by atoms with Crippen LogP contribution in [0.25, 0.3) is 0 Å². The molecule has 0 atom stereocenters. The minimum atomic E-state index is -0.398. The highest BCUT2D eigenvalue weighted by molar-refractivity contribution is 5.95. The molecule has 3 aromatic rings. The molecule has 0 fully saturated rings. The van der Waals surface area contributed by atoms with Gasteiger partial charge in [-0.25, -0.2) is 5.43 Å². The minimum absolute atomic E-state index is 0.256. The number of hydrazone groups is 1. The van der Waals surface area contributed by atoms with Gasteiger partial charge in [0.2, 0.25) is 0 Å². The molecule has 0 saturated carbocycles. The van der Waals surface area contributed by atoms with Crippen LogP contribution >= 0.6 is 0 Å². The topological polar surface area (TPSA) is 100 Å². The van der Waals surface area contributed by atoms with E-state index in [-0.39, 0.29) is 17.1 Å². The average Bonchev–Trinajstić information content (AvgIpc) is 2.77. The molecule has 154 valence electrons. The van der Waals surface area contributed by atoms with E-state index in [1.54, 1.807) is 36.4 Å². The zero-order valence-electron chi connectivity index (χ0n) is 16.4. The number of amides is 1. The maximum absolute atomic E-state index is 12.2. The van der Waals surface area contributed by atoms with E-state index in [1.807, 2.05) is 31.2 Å². The van der Waals surface area contributed by atoms with Gasteiger partial charge in [0.1, 0.15) is 18.1 Å². The van der Waals surface area contributed by atoms with Crippen LogP contribution in [-0.4, -0.2) is 28.9 Å². The number of rotatable bonds is 8. The van der Waals surface area contributed by atoms with Crippen molar-refractivity contribution in [2.24, 2.45) is 5.10 Å². The van der Waals surface area contributed by atoms with Gasteiger partial charge < -0.3 is 19.7 Å². The number of hydrogen-bond donors (Lipinski definition) is 3. The SMILES string of the molecule is CCOc1ccc(OCc2ccc(C(=O)N/N=C/c3cccc(O)c3O)cc2)cc1. The quantitative estimate of drug-likeness (QED) is 0.300.